The van der Waals surface area contributed by atoms with Crippen molar-refractivity contribution in [1.29, 1.82) is 0 Å². The summed E-state index contributed by atoms with van der Waals surface area (Å²) in [6.45, 7) is 1.69. The van der Waals surface area contributed by atoms with E-state index in [9.17, 15) is 17.6 Å². The van der Waals surface area contributed by atoms with Crippen molar-refractivity contribution in [2.75, 3.05) is 4.72 Å². The van der Waals surface area contributed by atoms with Crippen molar-refractivity contribution in [2.45, 2.75) is 11.8 Å². The smallest absolute Gasteiger partial charge is 0.335 e. The van der Waals surface area contributed by atoms with E-state index in [4.69, 9.17) is 5.11 Å². The molecule has 0 bridgehead atoms. The molecule has 0 spiro atoms. The lowest BCUT2D eigenvalue weighted by Crippen LogP contribution is -2.14. The molecule has 7 heteroatoms. The van der Waals surface area contributed by atoms with Gasteiger partial charge in [-0.25, -0.2) is 17.6 Å². The van der Waals surface area contributed by atoms with Gasteiger partial charge in [0.25, 0.3) is 10.0 Å². The third kappa shape index (κ3) is 3.38. The van der Waals surface area contributed by atoms with E-state index in [0.29, 0.717) is 5.56 Å². The third-order valence-electron chi connectivity index (χ3n) is 2.78. The number of benzene rings is 2. The first kappa shape index (κ1) is 15.0. The van der Waals surface area contributed by atoms with Crippen LogP contribution < -0.4 is 4.72 Å². The molecule has 2 N–H and O–H groups in total. The van der Waals surface area contributed by atoms with Crippen molar-refractivity contribution in [3.05, 3.63) is 59.4 Å². The van der Waals surface area contributed by atoms with E-state index in [1.807, 2.05) is 0 Å². The molecule has 0 fully saturated rings. The van der Waals surface area contributed by atoms with Crippen LogP contribution in [0, 0.1) is 12.7 Å². The number of carboxylic acids is 1. The van der Waals surface area contributed by atoms with Crippen molar-refractivity contribution < 1.29 is 22.7 Å². The average molecular weight is 309 g/mol. The molecule has 0 amide bonds. The first-order chi connectivity index (χ1) is 9.79. The lowest BCUT2D eigenvalue weighted by atomic mass is 10.2. The summed E-state index contributed by atoms with van der Waals surface area (Å²) in [5, 5.41) is 8.76. The molecule has 21 heavy (non-hydrogen) atoms. The number of aromatic carboxylic acids is 1. The zero-order valence-electron chi connectivity index (χ0n) is 11.0. The van der Waals surface area contributed by atoms with E-state index < -0.39 is 21.8 Å². The summed E-state index contributed by atoms with van der Waals surface area (Å²) >= 11 is 0. The summed E-state index contributed by atoms with van der Waals surface area (Å²) in [6.07, 6.45) is 0. The zero-order chi connectivity index (χ0) is 15.6. The lowest BCUT2D eigenvalue weighted by molar-refractivity contribution is 0.0696. The van der Waals surface area contributed by atoms with Gasteiger partial charge in [-0.1, -0.05) is 6.07 Å². The highest BCUT2D eigenvalue weighted by Gasteiger charge is 2.16. The molecule has 0 aliphatic heterocycles. The largest absolute Gasteiger partial charge is 0.478 e. The highest BCUT2D eigenvalue weighted by molar-refractivity contribution is 7.92. The van der Waals surface area contributed by atoms with Gasteiger partial charge in [-0.05, 0) is 48.9 Å². The molecule has 0 heterocycles. The number of carbonyl (C=O) groups is 1. The average Bonchev–Trinajstić information content (AvgIpc) is 2.42. The number of anilines is 1. The fourth-order valence-electron chi connectivity index (χ4n) is 1.68. The summed E-state index contributed by atoms with van der Waals surface area (Å²) < 4.78 is 40.0. The molecule has 0 saturated heterocycles. The molecule has 0 aromatic heterocycles. The SMILES string of the molecule is Cc1ccc(NS(=O)(=O)c2ccc(C(=O)O)cc2)c(F)c1. The highest BCUT2D eigenvalue weighted by Crippen LogP contribution is 2.20. The second-order valence-corrected chi connectivity index (χ2v) is 6.10. The first-order valence-electron chi connectivity index (χ1n) is 5.92. The lowest BCUT2D eigenvalue weighted by Gasteiger charge is -2.09. The quantitative estimate of drug-likeness (QED) is 0.909. The number of aryl methyl sites for hydroxylation is 1. The van der Waals surface area contributed by atoms with E-state index >= 15 is 0 Å². The Bertz CT molecular complexity index is 785. The minimum atomic E-state index is -3.97. The van der Waals surface area contributed by atoms with Gasteiger partial charge < -0.3 is 5.11 Å². The van der Waals surface area contributed by atoms with Crippen molar-refractivity contribution in [1.82, 2.24) is 0 Å². The van der Waals surface area contributed by atoms with Crippen LogP contribution in [-0.4, -0.2) is 19.5 Å². The Labute approximate surface area is 121 Å². The first-order valence-corrected chi connectivity index (χ1v) is 7.40. The maximum atomic E-state index is 13.7. The number of halogens is 1. The van der Waals surface area contributed by atoms with Crippen LogP contribution in [0.15, 0.2) is 47.4 Å². The number of nitrogens with one attached hydrogen (secondary N) is 1. The molecule has 5 nitrogen and oxygen atoms in total. The zero-order valence-corrected chi connectivity index (χ0v) is 11.8. The van der Waals surface area contributed by atoms with Gasteiger partial charge >= 0.3 is 5.97 Å². The Morgan fingerprint density at radius 2 is 1.76 bits per heavy atom. The van der Waals surface area contributed by atoms with Crippen LogP contribution >= 0.6 is 0 Å². The van der Waals surface area contributed by atoms with Gasteiger partial charge in [0.1, 0.15) is 5.82 Å². The Balaban J connectivity index is 2.31. The van der Waals surface area contributed by atoms with E-state index in [0.717, 1.165) is 12.1 Å². The molecule has 0 saturated carbocycles. The van der Waals surface area contributed by atoms with Gasteiger partial charge in [0, 0.05) is 0 Å². The van der Waals surface area contributed by atoms with Gasteiger partial charge in [-0.15, -0.1) is 0 Å². The predicted octanol–water partition coefficient (Wildman–Crippen LogP) is 2.63. The van der Waals surface area contributed by atoms with Crippen molar-refractivity contribution in [3.8, 4) is 0 Å². The van der Waals surface area contributed by atoms with E-state index in [2.05, 4.69) is 4.72 Å². The fraction of sp³-hybridized carbons (Fsp3) is 0.0714. The number of hydrogen-bond donors (Lipinski definition) is 2. The molecule has 2 aromatic rings. The monoisotopic (exact) mass is 309 g/mol. The summed E-state index contributed by atoms with van der Waals surface area (Å²) in [5.41, 5.74) is 0.472. The number of hydrogen-bond acceptors (Lipinski definition) is 3. The summed E-state index contributed by atoms with van der Waals surface area (Å²) in [7, 11) is -3.97. The summed E-state index contributed by atoms with van der Waals surface area (Å²) in [6, 6.07) is 8.76. The van der Waals surface area contributed by atoms with Crippen molar-refractivity contribution in [2.24, 2.45) is 0 Å². The number of rotatable bonds is 4. The Kier molecular flexibility index (Phi) is 3.95. The predicted molar refractivity (Wildman–Crippen MR) is 75.3 cm³/mol. The van der Waals surface area contributed by atoms with Gasteiger partial charge in [0.15, 0.2) is 0 Å². The second-order valence-electron chi connectivity index (χ2n) is 4.42. The van der Waals surface area contributed by atoms with Crippen molar-refractivity contribution in [3.63, 3.8) is 0 Å². The minimum absolute atomic E-state index is 0.0320. The Morgan fingerprint density at radius 1 is 1.14 bits per heavy atom. The molecular weight excluding hydrogens is 297 g/mol. The van der Waals surface area contributed by atoms with Gasteiger partial charge in [0.05, 0.1) is 16.1 Å². The Morgan fingerprint density at radius 3 is 2.29 bits per heavy atom. The molecule has 0 unspecified atom stereocenters. The van der Waals surface area contributed by atoms with Gasteiger partial charge in [-0.3, -0.25) is 4.72 Å². The molecule has 110 valence electrons. The van der Waals surface area contributed by atoms with Crippen LogP contribution in [0.2, 0.25) is 0 Å². The van der Waals surface area contributed by atoms with Crippen LogP contribution in [0.4, 0.5) is 10.1 Å². The van der Waals surface area contributed by atoms with Crippen molar-refractivity contribution >= 4 is 21.7 Å². The number of sulfonamides is 1. The highest BCUT2D eigenvalue weighted by atomic mass is 32.2. The van der Waals surface area contributed by atoms with Crippen LogP contribution in [0.1, 0.15) is 15.9 Å². The maximum absolute atomic E-state index is 13.7. The number of carboxylic acid groups (broad SMARTS) is 1. The van der Waals surface area contributed by atoms with Crippen LogP contribution in [0.25, 0.3) is 0 Å². The summed E-state index contributed by atoms with van der Waals surface area (Å²) in [4.78, 5) is 10.6. The topological polar surface area (TPSA) is 83.5 Å². The maximum Gasteiger partial charge on any atom is 0.335 e. The summed E-state index contributed by atoms with van der Waals surface area (Å²) in [5.74, 6) is -1.84. The molecule has 0 aliphatic rings. The standard InChI is InChI=1S/C14H12FNO4S/c1-9-2-7-13(12(15)8-9)16-21(19,20)11-5-3-10(4-6-11)14(17)18/h2-8,16H,1H3,(H,17,18). The van der Waals surface area contributed by atoms with Crippen LogP contribution in [0.3, 0.4) is 0 Å². The molecule has 0 radical (unpaired) electrons. The van der Waals surface area contributed by atoms with E-state index in [-0.39, 0.29) is 16.1 Å². The van der Waals surface area contributed by atoms with Crippen LogP contribution in [-0.2, 0) is 10.0 Å². The third-order valence-corrected chi connectivity index (χ3v) is 4.16. The Hall–Kier alpha value is -2.41. The molecular formula is C14H12FNO4S. The molecule has 0 aliphatic carbocycles. The van der Waals surface area contributed by atoms with Gasteiger partial charge in [0.2, 0.25) is 0 Å². The molecule has 0 atom stereocenters. The van der Waals surface area contributed by atoms with E-state index in [1.165, 1.54) is 24.3 Å². The molecule has 2 aromatic carbocycles. The van der Waals surface area contributed by atoms with Crippen LogP contribution in [0.5, 0.6) is 0 Å². The van der Waals surface area contributed by atoms with Gasteiger partial charge in [-0.2, -0.15) is 0 Å². The minimum Gasteiger partial charge on any atom is -0.478 e. The normalized spacial score (nSPS) is 11.1. The van der Waals surface area contributed by atoms with E-state index in [1.54, 1.807) is 13.0 Å². The second kappa shape index (κ2) is 5.53. The fourth-order valence-corrected chi connectivity index (χ4v) is 2.75. The molecule has 2 rings (SSSR count).